The second-order valence-corrected chi connectivity index (χ2v) is 5.72. The van der Waals surface area contributed by atoms with Gasteiger partial charge < -0.3 is 10.3 Å². The van der Waals surface area contributed by atoms with Crippen molar-refractivity contribution in [2.24, 2.45) is 11.7 Å². The Morgan fingerprint density at radius 3 is 2.33 bits per heavy atom. The number of likely N-dealkylation sites (N-methyl/N-ethyl adjacent to an activating group) is 1. The Labute approximate surface area is 111 Å². The summed E-state index contributed by atoms with van der Waals surface area (Å²) in [4.78, 5) is 6.64. The number of nitrogens with two attached hydrogens (primary N) is 1. The van der Waals surface area contributed by atoms with E-state index in [1.54, 1.807) is 0 Å². The predicted molar refractivity (Wildman–Crippen MR) is 76.5 cm³/mol. The zero-order valence-electron chi connectivity index (χ0n) is 12.6. The molecule has 0 spiro atoms. The molecule has 0 aliphatic heterocycles. The van der Waals surface area contributed by atoms with Gasteiger partial charge in [-0.2, -0.15) is 0 Å². The molecule has 0 aromatic carbocycles. The zero-order chi connectivity index (χ0) is 13.9. The van der Waals surface area contributed by atoms with Crippen LogP contribution in [0, 0.1) is 5.92 Å². The molecule has 1 aromatic rings. The highest BCUT2D eigenvalue weighted by molar-refractivity contribution is 5.08. The van der Waals surface area contributed by atoms with E-state index < -0.39 is 0 Å². The molecule has 2 unspecified atom stereocenters. The fraction of sp³-hybridized carbons (Fsp3) is 0.786. The van der Waals surface area contributed by atoms with Crippen LogP contribution in [0.3, 0.4) is 0 Å². The summed E-state index contributed by atoms with van der Waals surface area (Å²) in [5.74, 6) is 0.611. The van der Waals surface area contributed by atoms with Crippen LogP contribution in [0.2, 0.25) is 0 Å². The van der Waals surface area contributed by atoms with Crippen LogP contribution in [-0.2, 0) is 0 Å². The molecule has 1 aromatic heterocycles. The molecule has 2 atom stereocenters. The van der Waals surface area contributed by atoms with E-state index in [0.717, 1.165) is 0 Å². The summed E-state index contributed by atoms with van der Waals surface area (Å²) in [5.41, 5.74) is 7.20. The number of rotatable bonds is 6. The Hall–Kier alpha value is -0.870. The molecular weight excluding hydrogens is 224 g/mol. The highest BCUT2D eigenvalue weighted by Crippen LogP contribution is 2.24. The van der Waals surface area contributed by atoms with Crippen LogP contribution in [0.4, 0.5) is 0 Å². The molecule has 4 nitrogen and oxygen atoms in total. The summed E-state index contributed by atoms with van der Waals surface area (Å²) in [6, 6.07) is 1.14. The Morgan fingerprint density at radius 2 is 1.89 bits per heavy atom. The van der Waals surface area contributed by atoms with Crippen LogP contribution < -0.4 is 5.73 Å². The van der Waals surface area contributed by atoms with Gasteiger partial charge in [-0.15, -0.1) is 0 Å². The number of hydrogen-bond donors (Lipinski definition) is 1. The molecule has 1 heterocycles. The molecule has 0 aliphatic carbocycles. The van der Waals surface area contributed by atoms with E-state index in [0.29, 0.717) is 24.5 Å². The summed E-state index contributed by atoms with van der Waals surface area (Å²) in [5, 5.41) is 0. The van der Waals surface area contributed by atoms with Gasteiger partial charge in [-0.05, 0) is 33.7 Å². The predicted octanol–water partition coefficient (Wildman–Crippen LogP) is 2.44. The summed E-state index contributed by atoms with van der Waals surface area (Å²) < 4.78 is 2.21. The van der Waals surface area contributed by atoms with Crippen molar-refractivity contribution >= 4 is 0 Å². The first-order chi connectivity index (χ1) is 8.40. The molecule has 0 aliphatic rings. The minimum atomic E-state index is 0.229. The number of nitrogens with zero attached hydrogens (tertiary/aromatic N) is 3. The lowest BCUT2D eigenvalue weighted by Crippen LogP contribution is -2.40. The van der Waals surface area contributed by atoms with Crippen molar-refractivity contribution in [2.45, 2.75) is 52.7 Å². The molecule has 0 amide bonds. The molecule has 1 rings (SSSR count). The van der Waals surface area contributed by atoms with E-state index in [4.69, 9.17) is 5.73 Å². The van der Waals surface area contributed by atoms with Crippen LogP contribution in [0.25, 0.3) is 0 Å². The highest BCUT2D eigenvalue weighted by atomic mass is 15.2. The maximum atomic E-state index is 5.99. The summed E-state index contributed by atoms with van der Waals surface area (Å²) in [7, 11) is 2.15. The normalized spacial score (nSPS) is 15.7. The van der Waals surface area contributed by atoms with E-state index in [-0.39, 0.29) is 6.04 Å². The average Bonchev–Trinajstić information content (AvgIpc) is 2.77. The fourth-order valence-corrected chi connectivity index (χ4v) is 2.25. The van der Waals surface area contributed by atoms with Gasteiger partial charge >= 0.3 is 0 Å². The van der Waals surface area contributed by atoms with Gasteiger partial charge in [0.2, 0.25) is 0 Å². The Balaban J connectivity index is 2.98. The van der Waals surface area contributed by atoms with Crippen LogP contribution in [0.15, 0.2) is 12.5 Å². The van der Waals surface area contributed by atoms with E-state index in [9.17, 15) is 0 Å². The lowest BCUT2D eigenvalue weighted by Gasteiger charge is -2.35. The van der Waals surface area contributed by atoms with Gasteiger partial charge in [0, 0.05) is 24.8 Å². The average molecular weight is 252 g/mol. The SMILES string of the molecule is CC(C)C(C)N(C)C(CN)c1cncn1C(C)C. The molecule has 0 fully saturated rings. The van der Waals surface area contributed by atoms with Gasteiger partial charge in [0.25, 0.3) is 0 Å². The molecule has 0 bridgehead atoms. The van der Waals surface area contributed by atoms with Gasteiger partial charge in [0.05, 0.1) is 18.1 Å². The maximum absolute atomic E-state index is 5.99. The molecule has 2 N–H and O–H groups in total. The highest BCUT2D eigenvalue weighted by Gasteiger charge is 2.25. The van der Waals surface area contributed by atoms with Gasteiger partial charge in [0.15, 0.2) is 0 Å². The molecule has 18 heavy (non-hydrogen) atoms. The number of hydrogen-bond acceptors (Lipinski definition) is 3. The van der Waals surface area contributed by atoms with Gasteiger partial charge in [-0.3, -0.25) is 4.90 Å². The van der Waals surface area contributed by atoms with Crippen LogP contribution in [0.5, 0.6) is 0 Å². The fourth-order valence-electron chi connectivity index (χ4n) is 2.25. The topological polar surface area (TPSA) is 47.1 Å². The van der Waals surface area contributed by atoms with Gasteiger partial charge in [-0.1, -0.05) is 13.8 Å². The van der Waals surface area contributed by atoms with Gasteiger partial charge in [0.1, 0.15) is 0 Å². The third-order valence-corrected chi connectivity index (χ3v) is 3.92. The summed E-state index contributed by atoms with van der Waals surface area (Å²) >= 11 is 0. The molecule has 104 valence electrons. The molecule has 0 saturated carbocycles. The standard InChI is InChI=1S/C14H28N4/c1-10(2)12(5)17(6)13(7-15)14-8-16-9-18(14)11(3)4/h8-13H,7,15H2,1-6H3. The minimum Gasteiger partial charge on any atom is -0.331 e. The number of imidazole rings is 1. The van der Waals surface area contributed by atoms with E-state index >= 15 is 0 Å². The first kappa shape index (κ1) is 15.2. The molecule has 0 radical (unpaired) electrons. The Morgan fingerprint density at radius 1 is 1.28 bits per heavy atom. The molecule has 0 saturated heterocycles. The lowest BCUT2D eigenvalue weighted by atomic mass is 10.0. The monoisotopic (exact) mass is 252 g/mol. The molecular formula is C14H28N4. The van der Waals surface area contributed by atoms with Crippen molar-refractivity contribution in [3.05, 3.63) is 18.2 Å². The van der Waals surface area contributed by atoms with Crippen LogP contribution in [0.1, 0.15) is 52.4 Å². The molecule has 4 heteroatoms. The van der Waals surface area contributed by atoms with Crippen molar-refractivity contribution in [2.75, 3.05) is 13.6 Å². The van der Waals surface area contributed by atoms with Crippen molar-refractivity contribution < 1.29 is 0 Å². The zero-order valence-corrected chi connectivity index (χ0v) is 12.6. The third-order valence-electron chi connectivity index (χ3n) is 3.92. The summed E-state index contributed by atoms with van der Waals surface area (Å²) in [6.07, 6.45) is 3.84. The van der Waals surface area contributed by atoms with E-state index in [1.165, 1.54) is 5.69 Å². The number of aromatic nitrogens is 2. The van der Waals surface area contributed by atoms with Crippen molar-refractivity contribution in [3.63, 3.8) is 0 Å². The summed E-state index contributed by atoms with van der Waals surface area (Å²) in [6.45, 7) is 11.7. The Bertz CT molecular complexity index is 356. The second-order valence-electron chi connectivity index (χ2n) is 5.72. The largest absolute Gasteiger partial charge is 0.331 e. The van der Waals surface area contributed by atoms with Crippen LogP contribution in [-0.4, -0.2) is 34.1 Å². The minimum absolute atomic E-state index is 0.229. The lowest BCUT2D eigenvalue weighted by molar-refractivity contribution is 0.146. The first-order valence-corrected chi connectivity index (χ1v) is 6.83. The quantitative estimate of drug-likeness (QED) is 0.846. The maximum Gasteiger partial charge on any atom is 0.0951 e. The van der Waals surface area contributed by atoms with E-state index in [1.807, 2.05) is 12.5 Å². The Kier molecular flexibility index (Phi) is 5.35. The van der Waals surface area contributed by atoms with E-state index in [2.05, 4.69) is 56.1 Å². The third kappa shape index (κ3) is 3.12. The first-order valence-electron chi connectivity index (χ1n) is 6.83. The van der Waals surface area contributed by atoms with Crippen LogP contribution >= 0.6 is 0 Å². The van der Waals surface area contributed by atoms with Gasteiger partial charge in [-0.25, -0.2) is 4.98 Å². The van der Waals surface area contributed by atoms with Crippen molar-refractivity contribution in [1.29, 1.82) is 0 Å². The smallest absolute Gasteiger partial charge is 0.0951 e. The van der Waals surface area contributed by atoms with Crippen molar-refractivity contribution in [3.8, 4) is 0 Å². The second kappa shape index (κ2) is 6.34. The van der Waals surface area contributed by atoms with Crippen molar-refractivity contribution in [1.82, 2.24) is 14.5 Å².